The number of carbonyl (C=O) groups excluding carboxylic acids is 10. The van der Waals surface area contributed by atoms with Gasteiger partial charge in [-0.1, -0.05) is 40.0 Å². The Bertz CT molecular complexity index is 2110. The topological polar surface area (TPSA) is 372 Å². The number of nitrogens with one attached hydrogen (secondary N) is 5. The second kappa shape index (κ2) is 30.7. The van der Waals surface area contributed by atoms with E-state index in [0.717, 1.165) is 12.8 Å². The van der Waals surface area contributed by atoms with Gasteiger partial charge in [0.2, 0.25) is 29.5 Å². The molecular formula is C50H76N8O15. The number of carboxylic acids is 2. The molecule has 1 aromatic heterocycles. The molecule has 3 rings (SSSR count). The maximum absolute atomic E-state index is 14.2. The monoisotopic (exact) mass is 1030 g/mol. The summed E-state index contributed by atoms with van der Waals surface area (Å²) in [6.07, 6.45) is 1.79. The molecule has 0 unspecified atom stereocenters. The fraction of sp³-hybridized carbons (Fsp3) is 0.700. The molecule has 0 bridgehead atoms. The first-order chi connectivity index (χ1) is 34.5. The van der Waals surface area contributed by atoms with E-state index in [-0.39, 0.29) is 94.8 Å². The molecule has 2 fully saturated rings. The van der Waals surface area contributed by atoms with E-state index in [1.807, 2.05) is 20.8 Å². The molecule has 3 heterocycles. The predicted molar refractivity (Wildman–Crippen MR) is 261 cm³/mol. The number of β-amino-alcohol motifs (C(OH)–C–C–N with tert-alkyl or cyclic N) is 1. The van der Waals surface area contributed by atoms with E-state index in [2.05, 4.69) is 31.2 Å². The molecule has 23 nitrogen and oxygen atoms in total. The van der Waals surface area contributed by atoms with E-state index in [9.17, 15) is 72.9 Å². The molecule has 0 saturated carbocycles. The van der Waals surface area contributed by atoms with Crippen molar-refractivity contribution in [1.82, 2.24) is 36.1 Å². The van der Waals surface area contributed by atoms with Crippen LogP contribution >= 0.6 is 0 Å². The molecule has 2 aliphatic heterocycles. The number of aromatic nitrogens is 2. The Kier molecular flexibility index (Phi) is 25.7. The number of nitrogens with zero attached hydrogens (tertiary/aromatic N) is 2. The van der Waals surface area contributed by atoms with Crippen LogP contribution in [0.1, 0.15) is 149 Å². The zero-order chi connectivity index (χ0) is 54.4. The molecule has 406 valence electrons. The number of rotatable bonds is 36. The van der Waals surface area contributed by atoms with Crippen molar-refractivity contribution in [2.24, 2.45) is 29.4 Å². The maximum Gasteiger partial charge on any atom is 0.306 e. The lowest BCUT2D eigenvalue weighted by Gasteiger charge is -2.26. The van der Waals surface area contributed by atoms with Crippen LogP contribution < -0.4 is 27.0 Å². The summed E-state index contributed by atoms with van der Waals surface area (Å²) in [6.45, 7) is 7.55. The largest absolute Gasteiger partial charge is 0.481 e. The van der Waals surface area contributed by atoms with Crippen molar-refractivity contribution >= 4 is 70.4 Å². The summed E-state index contributed by atoms with van der Waals surface area (Å²) in [5.41, 5.74) is 5.70. The fourth-order valence-corrected chi connectivity index (χ4v) is 9.22. The predicted octanol–water partition coefficient (Wildman–Crippen LogP) is 1.02. The number of aliphatic carboxylic acids is 2. The van der Waals surface area contributed by atoms with Crippen LogP contribution in [0.5, 0.6) is 0 Å². The highest BCUT2D eigenvalue weighted by Crippen LogP contribution is 2.25. The molecule has 23 heteroatoms. The smallest absolute Gasteiger partial charge is 0.306 e. The lowest BCUT2D eigenvalue weighted by atomic mass is 9.88. The molecule has 73 heavy (non-hydrogen) atoms. The Balaban J connectivity index is 1.69. The van der Waals surface area contributed by atoms with Crippen LogP contribution in [0.4, 0.5) is 0 Å². The first-order valence-electron chi connectivity index (χ1n) is 25.4. The van der Waals surface area contributed by atoms with Gasteiger partial charge in [-0.05, 0) is 51.4 Å². The van der Waals surface area contributed by atoms with Gasteiger partial charge in [0, 0.05) is 88.7 Å². The third-order valence-electron chi connectivity index (χ3n) is 13.3. The summed E-state index contributed by atoms with van der Waals surface area (Å²) >= 11 is 0. The number of Topliss-reactive ketones (excluding diaryl/α,β-unsaturated/α-hetero) is 5. The fourth-order valence-electron chi connectivity index (χ4n) is 9.22. The van der Waals surface area contributed by atoms with Crippen molar-refractivity contribution in [1.29, 1.82) is 0 Å². The molecule has 2 saturated heterocycles. The van der Waals surface area contributed by atoms with E-state index in [4.69, 9.17) is 5.73 Å². The summed E-state index contributed by atoms with van der Waals surface area (Å²) in [5, 5.41) is 39.7. The van der Waals surface area contributed by atoms with Gasteiger partial charge in [0.15, 0.2) is 23.1 Å². The second-order valence-electron chi connectivity index (χ2n) is 19.9. The van der Waals surface area contributed by atoms with Crippen LogP contribution in [0.2, 0.25) is 0 Å². The van der Waals surface area contributed by atoms with Crippen LogP contribution in [0.25, 0.3) is 0 Å². The molecule has 0 aromatic carbocycles. The number of likely N-dealkylation sites (tertiary alicyclic amines) is 1. The van der Waals surface area contributed by atoms with E-state index in [0.29, 0.717) is 31.4 Å². The first kappa shape index (κ1) is 61.1. The van der Waals surface area contributed by atoms with Gasteiger partial charge in [0.25, 0.3) is 0 Å². The van der Waals surface area contributed by atoms with Gasteiger partial charge in [0.1, 0.15) is 5.78 Å². The molecule has 5 amide bonds. The highest BCUT2D eigenvalue weighted by atomic mass is 16.4. The number of aromatic amines is 1. The summed E-state index contributed by atoms with van der Waals surface area (Å²) in [4.78, 5) is 165. The van der Waals surface area contributed by atoms with Crippen LogP contribution in [0.3, 0.4) is 0 Å². The van der Waals surface area contributed by atoms with Gasteiger partial charge in [0.05, 0.1) is 60.9 Å². The first-order valence-corrected chi connectivity index (χ1v) is 25.4. The quantitative estimate of drug-likeness (QED) is 0.0424. The van der Waals surface area contributed by atoms with Crippen LogP contribution in [-0.2, 0) is 64.0 Å². The maximum atomic E-state index is 14.2. The van der Waals surface area contributed by atoms with Gasteiger partial charge < -0.3 is 52.2 Å². The number of amides is 5. The van der Waals surface area contributed by atoms with Crippen LogP contribution in [-0.4, -0.2) is 150 Å². The van der Waals surface area contributed by atoms with Crippen molar-refractivity contribution < 1.29 is 72.9 Å². The highest BCUT2D eigenvalue weighted by Gasteiger charge is 2.38. The van der Waals surface area contributed by atoms with Gasteiger partial charge in [-0.3, -0.25) is 57.5 Å². The Morgan fingerprint density at radius 2 is 1.45 bits per heavy atom. The minimum absolute atomic E-state index is 0.140. The summed E-state index contributed by atoms with van der Waals surface area (Å²) < 4.78 is 0. The van der Waals surface area contributed by atoms with Crippen molar-refractivity contribution in [3.05, 3.63) is 18.2 Å². The number of primary amides is 1. The lowest BCUT2D eigenvalue weighted by Crippen LogP contribution is -2.49. The van der Waals surface area contributed by atoms with Gasteiger partial charge in [-0.25, -0.2) is 4.98 Å². The third-order valence-corrected chi connectivity index (χ3v) is 13.3. The number of carboxylic acid groups (broad SMARTS) is 2. The van der Waals surface area contributed by atoms with Crippen LogP contribution in [0, 0.1) is 23.7 Å². The average molecular weight is 1030 g/mol. The number of carbonyl (C=O) groups is 12. The number of hydrogen-bond donors (Lipinski definition) is 9. The third kappa shape index (κ3) is 21.4. The van der Waals surface area contributed by atoms with Crippen molar-refractivity contribution in [3.63, 3.8) is 0 Å². The molecule has 2 aliphatic rings. The minimum Gasteiger partial charge on any atom is -0.481 e. The number of imidazole rings is 1. The minimum atomic E-state index is -1.59. The summed E-state index contributed by atoms with van der Waals surface area (Å²) in [5.74, 6) is -12.4. The van der Waals surface area contributed by atoms with Gasteiger partial charge in [-0.15, -0.1) is 0 Å². The van der Waals surface area contributed by atoms with E-state index in [1.54, 1.807) is 0 Å². The zero-order valence-corrected chi connectivity index (χ0v) is 42.5. The van der Waals surface area contributed by atoms with Crippen molar-refractivity contribution in [2.75, 3.05) is 13.1 Å². The molecule has 0 spiro atoms. The number of aliphatic hydroxyl groups excluding tert-OH is 1. The SMILES string of the molecule is CCCCC[C@H](CC(=O)[C@@H]1CCCN1C(=O)CCC(=O)[C@H](C)NC(=O)[C@@H](CC(=O)[C@H](Cc1cnc[nH]1)NC(=O)[C@H](CC(=O)O)CC(=O)[C@H](CCC(N)=O)NC(=O)CCC(=O)[C@@H]1C[C@@H](O)CN1)CC(C)C)C(=O)O. The summed E-state index contributed by atoms with van der Waals surface area (Å²) in [6, 6.07) is -5.32. The van der Waals surface area contributed by atoms with Gasteiger partial charge in [-0.2, -0.15) is 0 Å². The highest BCUT2D eigenvalue weighted by molar-refractivity contribution is 5.98. The second-order valence-corrected chi connectivity index (χ2v) is 19.9. The Hall–Kier alpha value is -6.23. The number of unbranched alkanes of at least 4 members (excludes halogenated alkanes) is 2. The molecule has 0 aliphatic carbocycles. The molecular weight excluding hydrogens is 953 g/mol. The van der Waals surface area contributed by atoms with E-state index in [1.165, 1.54) is 24.3 Å². The number of hydrogen-bond acceptors (Lipinski definition) is 15. The zero-order valence-electron chi connectivity index (χ0n) is 42.5. The number of aliphatic hydroxyl groups is 1. The van der Waals surface area contributed by atoms with Gasteiger partial charge >= 0.3 is 11.9 Å². The Morgan fingerprint density at radius 1 is 0.767 bits per heavy atom. The Morgan fingerprint density at radius 3 is 2.05 bits per heavy atom. The average Bonchev–Trinajstić information content (AvgIpc) is 4.13. The molecule has 9 atom stereocenters. The number of ketones is 5. The number of H-pyrrole nitrogens is 1. The number of nitrogens with two attached hydrogens (primary N) is 1. The van der Waals surface area contributed by atoms with E-state index < -0.39 is 132 Å². The normalized spacial score (nSPS) is 18.9. The van der Waals surface area contributed by atoms with Crippen molar-refractivity contribution in [3.8, 4) is 0 Å². The molecule has 1 aromatic rings. The van der Waals surface area contributed by atoms with E-state index >= 15 is 0 Å². The van der Waals surface area contributed by atoms with Crippen molar-refractivity contribution in [2.45, 2.75) is 186 Å². The standard InChI is InChI=1S/C50H76N8O15/c1-5-6-7-9-30(50(72)73)19-43(64)38-10-8-17-58(38)46(67)16-13-39(60)29(4)55-48(70)31(18-28(2)3)20-42(63)37(23-33-25-52-27-54-33)57-49(71)32(22-47(68)69)21-41(62)35(11-14-44(51)65)56-45(66)15-12-40(61)36-24-34(59)26-53-36/h25,27-32,34-38,53,59H,5-24,26H2,1-4H3,(H2,51,65)(H,52,54)(H,55,70)(H,56,66)(H,57,71)(H,68,69)(H,72,73)/t29-,30+,31+,32-,34+,35-,36-,37-,38-/m0/s1. The summed E-state index contributed by atoms with van der Waals surface area (Å²) in [7, 11) is 0. The van der Waals surface area contributed by atoms with Crippen LogP contribution in [0.15, 0.2) is 12.5 Å². The molecule has 0 radical (unpaired) electrons. The molecule has 10 N–H and O–H groups in total. The Labute approximate surface area is 425 Å². The lowest BCUT2D eigenvalue weighted by molar-refractivity contribution is -0.145.